The predicted octanol–water partition coefficient (Wildman–Crippen LogP) is 9.55. The molecule has 0 aromatic heterocycles. The normalized spacial score (nSPS) is 11.8. The van der Waals surface area contributed by atoms with E-state index in [0.29, 0.717) is 0 Å². The van der Waals surface area contributed by atoms with Crippen molar-refractivity contribution in [3.8, 4) is 22.3 Å². The molecule has 0 spiro atoms. The first-order chi connectivity index (χ1) is 17.9. The Balaban J connectivity index is 1.59. The van der Waals surface area contributed by atoms with Crippen LogP contribution in [0.5, 0.6) is 0 Å². The fourth-order valence-electron chi connectivity index (χ4n) is 5.67. The minimum atomic E-state index is 0.926. The number of rotatable bonds is 4. The van der Waals surface area contributed by atoms with Crippen LogP contribution >= 0.6 is 0 Å². The minimum absolute atomic E-state index is 0.926. The van der Waals surface area contributed by atoms with Crippen molar-refractivity contribution >= 4 is 27.8 Å². The second-order valence-corrected chi connectivity index (χ2v) is 9.36. The zero-order valence-corrected chi connectivity index (χ0v) is 19.9. The van der Waals surface area contributed by atoms with E-state index in [9.17, 15) is 0 Å². The summed E-state index contributed by atoms with van der Waals surface area (Å²) in [6, 6.07) is 50.4. The molecule has 0 fully saturated rings. The number of fused-ring (bicyclic) bond motifs is 4. The highest BCUT2D eigenvalue weighted by Crippen LogP contribution is 2.50. The van der Waals surface area contributed by atoms with Gasteiger partial charge >= 0.3 is 0 Å². The van der Waals surface area contributed by atoms with Crippen LogP contribution in [0.4, 0.5) is 17.1 Å². The number of anilines is 3. The van der Waals surface area contributed by atoms with Gasteiger partial charge in [0.2, 0.25) is 0 Å². The van der Waals surface area contributed by atoms with Crippen molar-refractivity contribution < 1.29 is 0 Å². The van der Waals surface area contributed by atoms with Crippen LogP contribution in [0.2, 0.25) is 0 Å². The van der Waals surface area contributed by atoms with Gasteiger partial charge < -0.3 is 4.90 Å². The Bertz CT molecular complexity index is 1700. The van der Waals surface area contributed by atoms with Gasteiger partial charge in [-0.1, -0.05) is 121 Å². The highest BCUT2D eigenvalue weighted by atomic mass is 15.1. The third kappa shape index (κ3) is 3.32. The van der Waals surface area contributed by atoms with Gasteiger partial charge in [0.1, 0.15) is 0 Å². The zero-order valence-electron chi connectivity index (χ0n) is 19.9. The monoisotopic (exact) mass is 459 g/mol. The molecule has 0 unspecified atom stereocenters. The summed E-state index contributed by atoms with van der Waals surface area (Å²) in [5.74, 6) is 0. The fraction of sp³-hybridized carbons (Fsp3) is 0.0286. The predicted molar refractivity (Wildman–Crippen MR) is 152 cm³/mol. The van der Waals surface area contributed by atoms with E-state index in [-0.39, 0.29) is 0 Å². The maximum atomic E-state index is 2.48. The molecule has 36 heavy (non-hydrogen) atoms. The molecule has 0 saturated heterocycles. The first kappa shape index (κ1) is 20.7. The van der Waals surface area contributed by atoms with Gasteiger partial charge in [-0.3, -0.25) is 0 Å². The van der Waals surface area contributed by atoms with Crippen molar-refractivity contribution in [2.45, 2.75) is 6.42 Å². The van der Waals surface area contributed by atoms with Crippen molar-refractivity contribution in [1.82, 2.24) is 0 Å². The minimum Gasteiger partial charge on any atom is -0.309 e. The SMILES string of the molecule is c1ccc(-c2ccc3c(c2N(c2ccccc2)c2cccc4ccccc24)Cc2ccccc2-3)cc1. The molecule has 1 nitrogen and oxygen atoms in total. The second-order valence-electron chi connectivity index (χ2n) is 9.36. The number of para-hydroxylation sites is 1. The molecule has 0 saturated carbocycles. The van der Waals surface area contributed by atoms with E-state index in [1.165, 1.54) is 55.5 Å². The van der Waals surface area contributed by atoms with Crippen LogP contribution in [0.1, 0.15) is 11.1 Å². The lowest BCUT2D eigenvalue weighted by Crippen LogP contribution is -2.14. The summed E-state index contributed by atoms with van der Waals surface area (Å²) >= 11 is 0. The first-order valence-corrected chi connectivity index (χ1v) is 12.5. The molecule has 1 aliphatic carbocycles. The van der Waals surface area contributed by atoms with Crippen molar-refractivity contribution in [3.63, 3.8) is 0 Å². The van der Waals surface area contributed by atoms with Gasteiger partial charge in [0.25, 0.3) is 0 Å². The van der Waals surface area contributed by atoms with Gasteiger partial charge in [0, 0.05) is 23.1 Å². The van der Waals surface area contributed by atoms with Crippen molar-refractivity contribution in [1.29, 1.82) is 0 Å². The first-order valence-electron chi connectivity index (χ1n) is 12.5. The average molecular weight is 460 g/mol. The van der Waals surface area contributed by atoms with Crippen LogP contribution in [0.3, 0.4) is 0 Å². The summed E-state index contributed by atoms with van der Waals surface area (Å²) in [6.07, 6.45) is 0.926. The van der Waals surface area contributed by atoms with Crippen LogP contribution < -0.4 is 4.90 Å². The molecule has 1 heteroatoms. The Hall–Kier alpha value is -4.62. The largest absolute Gasteiger partial charge is 0.309 e. The van der Waals surface area contributed by atoms with Crippen LogP contribution in [-0.4, -0.2) is 0 Å². The average Bonchev–Trinajstić information content (AvgIpc) is 3.33. The van der Waals surface area contributed by atoms with E-state index in [4.69, 9.17) is 0 Å². The van der Waals surface area contributed by atoms with Crippen molar-refractivity contribution in [2.75, 3.05) is 4.90 Å². The van der Waals surface area contributed by atoms with E-state index in [1.54, 1.807) is 0 Å². The second kappa shape index (κ2) is 8.55. The molecule has 0 radical (unpaired) electrons. The van der Waals surface area contributed by atoms with Crippen LogP contribution in [0.25, 0.3) is 33.0 Å². The maximum absolute atomic E-state index is 2.48. The van der Waals surface area contributed by atoms with E-state index in [0.717, 1.165) is 12.1 Å². The van der Waals surface area contributed by atoms with Crippen molar-refractivity contribution in [2.24, 2.45) is 0 Å². The topological polar surface area (TPSA) is 3.24 Å². The molecule has 170 valence electrons. The van der Waals surface area contributed by atoms with Gasteiger partial charge in [-0.05, 0) is 51.4 Å². The molecule has 1 aliphatic rings. The summed E-state index contributed by atoms with van der Waals surface area (Å²) in [5, 5.41) is 2.49. The summed E-state index contributed by atoms with van der Waals surface area (Å²) < 4.78 is 0. The lowest BCUT2D eigenvalue weighted by atomic mass is 9.94. The van der Waals surface area contributed by atoms with Gasteiger partial charge in [-0.25, -0.2) is 0 Å². The molecule has 0 N–H and O–H groups in total. The molecule has 7 rings (SSSR count). The van der Waals surface area contributed by atoms with E-state index >= 15 is 0 Å². The summed E-state index contributed by atoms with van der Waals surface area (Å²) in [4.78, 5) is 2.48. The third-order valence-electron chi connectivity index (χ3n) is 7.29. The molecule has 6 aromatic carbocycles. The quantitative estimate of drug-likeness (QED) is 0.253. The molecule has 0 bridgehead atoms. The molecule has 0 amide bonds. The van der Waals surface area contributed by atoms with Gasteiger partial charge in [-0.15, -0.1) is 0 Å². The number of hydrogen-bond acceptors (Lipinski definition) is 1. The smallest absolute Gasteiger partial charge is 0.0581 e. The molecule has 0 heterocycles. The Kier molecular flexibility index (Phi) is 4.92. The number of nitrogens with zero attached hydrogens (tertiary/aromatic N) is 1. The molecular weight excluding hydrogens is 434 g/mol. The van der Waals surface area contributed by atoms with Crippen LogP contribution in [-0.2, 0) is 6.42 Å². The lowest BCUT2D eigenvalue weighted by molar-refractivity contribution is 1.20. The Morgan fingerprint density at radius 2 is 1.14 bits per heavy atom. The van der Waals surface area contributed by atoms with E-state index in [2.05, 4.69) is 144 Å². The Morgan fingerprint density at radius 1 is 0.472 bits per heavy atom. The van der Waals surface area contributed by atoms with Gasteiger partial charge in [-0.2, -0.15) is 0 Å². The highest BCUT2D eigenvalue weighted by Gasteiger charge is 2.28. The summed E-state index contributed by atoms with van der Waals surface area (Å²) in [6.45, 7) is 0. The van der Waals surface area contributed by atoms with Crippen LogP contribution in [0, 0.1) is 0 Å². The number of hydrogen-bond donors (Lipinski definition) is 0. The highest BCUT2D eigenvalue weighted by molar-refractivity contribution is 6.03. The van der Waals surface area contributed by atoms with Crippen molar-refractivity contribution in [3.05, 3.63) is 151 Å². The van der Waals surface area contributed by atoms with E-state index in [1.807, 2.05) is 0 Å². The molecule has 0 atom stereocenters. The zero-order chi connectivity index (χ0) is 23.9. The molecule has 0 aliphatic heterocycles. The lowest BCUT2D eigenvalue weighted by Gasteiger charge is -2.31. The maximum Gasteiger partial charge on any atom is 0.0581 e. The molecular formula is C35H25N. The van der Waals surface area contributed by atoms with Gasteiger partial charge in [0.05, 0.1) is 11.4 Å². The van der Waals surface area contributed by atoms with Crippen LogP contribution in [0.15, 0.2) is 140 Å². The summed E-state index contributed by atoms with van der Waals surface area (Å²) in [5.41, 5.74) is 11.6. The molecule has 6 aromatic rings. The number of benzene rings is 6. The Morgan fingerprint density at radius 3 is 2.00 bits per heavy atom. The fourth-order valence-corrected chi connectivity index (χ4v) is 5.67. The Labute approximate surface area is 211 Å². The van der Waals surface area contributed by atoms with Gasteiger partial charge in [0.15, 0.2) is 0 Å². The third-order valence-corrected chi connectivity index (χ3v) is 7.29. The van der Waals surface area contributed by atoms with E-state index < -0.39 is 0 Å². The standard InChI is InChI=1S/C35H25N/c1-3-12-26(13-4-1)31-22-23-32-29-19-9-8-15-27(29)24-33(32)35(31)36(28-17-5-2-6-18-28)34-21-11-16-25-14-7-10-20-30(25)34/h1-23H,24H2. The summed E-state index contributed by atoms with van der Waals surface area (Å²) in [7, 11) is 0.